The van der Waals surface area contributed by atoms with Crippen LogP contribution < -0.4 is 5.73 Å². The third-order valence-corrected chi connectivity index (χ3v) is 4.72. The zero-order valence-corrected chi connectivity index (χ0v) is 13.7. The molecule has 3 rings (SSSR count). The number of benzene rings is 1. The molecule has 1 unspecified atom stereocenters. The first-order valence-corrected chi connectivity index (χ1v) is 8.05. The SMILES string of the molecule is Cc1nc(-c2ccccc2)ccc1C(=O)N1CCC(C)(CN)C1. The monoisotopic (exact) mass is 309 g/mol. The number of pyridine rings is 1. The van der Waals surface area contributed by atoms with E-state index in [-0.39, 0.29) is 11.3 Å². The highest BCUT2D eigenvalue weighted by atomic mass is 16.2. The first-order chi connectivity index (χ1) is 11.0. The molecule has 0 spiro atoms. The summed E-state index contributed by atoms with van der Waals surface area (Å²) in [6, 6.07) is 13.8. The summed E-state index contributed by atoms with van der Waals surface area (Å²) in [7, 11) is 0. The lowest BCUT2D eigenvalue weighted by atomic mass is 9.90. The second kappa shape index (κ2) is 6.13. The van der Waals surface area contributed by atoms with E-state index in [0.717, 1.165) is 36.5 Å². The zero-order valence-electron chi connectivity index (χ0n) is 13.7. The number of aromatic nitrogens is 1. The molecule has 2 heterocycles. The van der Waals surface area contributed by atoms with Gasteiger partial charge in [0.1, 0.15) is 0 Å². The van der Waals surface area contributed by atoms with Crippen molar-refractivity contribution in [3.8, 4) is 11.3 Å². The smallest absolute Gasteiger partial charge is 0.255 e. The molecule has 1 atom stereocenters. The first kappa shape index (κ1) is 15.7. The summed E-state index contributed by atoms with van der Waals surface area (Å²) in [5, 5.41) is 0. The van der Waals surface area contributed by atoms with Crippen LogP contribution in [0.25, 0.3) is 11.3 Å². The van der Waals surface area contributed by atoms with Crippen LogP contribution in [-0.2, 0) is 0 Å². The van der Waals surface area contributed by atoms with Gasteiger partial charge in [-0.25, -0.2) is 0 Å². The van der Waals surface area contributed by atoms with Gasteiger partial charge in [0, 0.05) is 18.7 Å². The molecular formula is C19H23N3O. The van der Waals surface area contributed by atoms with Gasteiger partial charge in [0.2, 0.25) is 0 Å². The number of carbonyl (C=O) groups excluding carboxylic acids is 1. The maximum absolute atomic E-state index is 12.8. The molecule has 1 aliphatic rings. The summed E-state index contributed by atoms with van der Waals surface area (Å²) in [5.41, 5.74) is 9.30. The van der Waals surface area contributed by atoms with Crippen molar-refractivity contribution in [2.75, 3.05) is 19.6 Å². The van der Waals surface area contributed by atoms with Crippen molar-refractivity contribution in [3.05, 3.63) is 53.7 Å². The van der Waals surface area contributed by atoms with Gasteiger partial charge in [-0.3, -0.25) is 9.78 Å². The number of hydrogen-bond donors (Lipinski definition) is 1. The number of carbonyl (C=O) groups is 1. The number of hydrogen-bond acceptors (Lipinski definition) is 3. The summed E-state index contributed by atoms with van der Waals surface area (Å²) in [6.07, 6.45) is 0.962. The van der Waals surface area contributed by atoms with Gasteiger partial charge >= 0.3 is 0 Å². The van der Waals surface area contributed by atoms with Crippen molar-refractivity contribution >= 4 is 5.91 Å². The molecule has 0 saturated carbocycles. The topological polar surface area (TPSA) is 59.2 Å². The van der Waals surface area contributed by atoms with Crippen LogP contribution >= 0.6 is 0 Å². The lowest BCUT2D eigenvalue weighted by Crippen LogP contribution is -2.34. The molecule has 23 heavy (non-hydrogen) atoms. The standard InChI is InChI=1S/C19H23N3O/c1-14-16(18(23)22-11-10-19(2,12-20)13-22)8-9-17(21-14)15-6-4-3-5-7-15/h3-9H,10-13,20H2,1-2H3. The Morgan fingerprint density at radius 1 is 1.26 bits per heavy atom. The fourth-order valence-electron chi connectivity index (χ4n) is 3.09. The highest BCUT2D eigenvalue weighted by Gasteiger charge is 2.35. The lowest BCUT2D eigenvalue weighted by Gasteiger charge is -2.23. The minimum atomic E-state index is 0.0426. The summed E-state index contributed by atoms with van der Waals surface area (Å²) < 4.78 is 0. The van der Waals surface area contributed by atoms with Crippen molar-refractivity contribution in [3.63, 3.8) is 0 Å². The van der Waals surface area contributed by atoms with Crippen molar-refractivity contribution < 1.29 is 4.79 Å². The molecule has 0 bridgehead atoms. The summed E-state index contributed by atoms with van der Waals surface area (Å²) in [6.45, 7) is 6.15. The fraction of sp³-hybridized carbons (Fsp3) is 0.368. The number of nitrogens with two attached hydrogens (primary N) is 1. The van der Waals surface area contributed by atoms with Crippen molar-refractivity contribution in [2.24, 2.45) is 11.1 Å². The number of nitrogens with zero attached hydrogens (tertiary/aromatic N) is 2. The van der Waals surface area contributed by atoms with Crippen LogP contribution in [0.1, 0.15) is 29.4 Å². The van der Waals surface area contributed by atoms with E-state index in [0.29, 0.717) is 12.1 Å². The number of likely N-dealkylation sites (tertiary alicyclic amines) is 1. The maximum atomic E-state index is 12.8. The van der Waals surface area contributed by atoms with Crippen molar-refractivity contribution in [1.29, 1.82) is 0 Å². The number of rotatable bonds is 3. The Hall–Kier alpha value is -2.20. The average Bonchev–Trinajstić information content (AvgIpc) is 2.98. The molecule has 2 N–H and O–H groups in total. The Morgan fingerprint density at radius 3 is 2.61 bits per heavy atom. The van der Waals surface area contributed by atoms with Crippen LogP contribution in [0.4, 0.5) is 0 Å². The van der Waals surface area contributed by atoms with Gasteiger partial charge in [-0.05, 0) is 37.4 Å². The Labute approximate surface area is 137 Å². The van der Waals surface area contributed by atoms with Crippen LogP contribution in [0.5, 0.6) is 0 Å². The quantitative estimate of drug-likeness (QED) is 0.948. The molecule has 120 valence electrons. The molecule has 1 aromatic carbocycles. The Morgan fingerprint density at radius 2 is 2.00 bits per heavy atom. The maximum Gasteiger partial charge on any atom is 0.255 e. The van der Waals surface area contributed by atoms with E-state index in [9.17, 15) is 4.79 Å². The van der Waals surface area contributed by atoms with E-state index >= 15 is 0 Å². The van der Waals surface area contributed by atoms with Gasteiger partial charge in [0.25, 0.3) is 5.91 Å². The van der Waals surface area contributed by atoms with E-state index in [1.807, 2.05) is 54.3 Å². The average molecular weight is 309 g/mol. The molecule has 1 amide bonds. The summed E-state index contributed by atoms with van der Waals surface area (Å²) in [4.78, 5) is 19.3. The zero-order chi connectivity index (χ0) is 16.4. The van der Waals surface area contributed by atoms with Gasteiger partial charge in [-0.15, -0.1) is 0 Å². The molecule has 4 nitrogen and oxygen atoms in total. The van der Waals surface area contributed by atoms with Crippen LogP contribution in [0, 0.1) is 12.3 Å². The summed E-state index contributed by atoms with van der Waals surface area (Å²) >= 11 is 0. The highest BCUT2D eigenvalue weighted by Crippen LogP contribution is 2.30. The third kappa shape index (κ3) is 3.13. The second-order valence-electron chi connectivity index (χ2n) is 6.69. The molecular weight excluding hydrogens is 286 g/mol. The molecule has 4 heteroatoms. The van der Waals surface area contributed by atoms with E-state index in [2.05, 4.69) is 11.9 Å². The number of amides is 1. The molecule has 1 aliphatic heterocycles. The van der Waals surface area contributed by atoms with E-state index < -0.39 is 0 Å². The second-order valence-corrected chi connectivity index (χ2v) is 6.69. The molecule has 1 fully saturated rings. The minimum Gasteiger partial charge on any atom is -0.338 e. The number of aryl methyl sites for hydroxylation is 1. The van der Waals surface area contributed by atoms with Gasteiger partial charge in [0.15, 0.2) is 0 Å². The molecule has 2 aromatic rings. The van der Waals surface area contributed by atoms with Crippen molar-refractivity contribution in [1.82, 2.24) is 9.88 Å². The highest BCUT2D eigenvalue weighted by molar-refractivity contribution is 5.95. The third-order valence-electron chi connectivity index (χ3n) is 4.72. The van der Waals surface area contributed by atoms with Crippen LogP contribution in [0.3, 0.4) is 0 Å². The minimum absolute atomic E-state index is 0.0426. The van der Waals surface area contributed by atoms with Gasteiger partial charge in [-0.1, -0.05) is 37.3 Å². The van der Waals surface area contributed by atoms with Crippen LogP contribution in [0.2, 0.25) is 0 Å². The van der Waals surface area contributed by atoms with E-state index in [1.54, 1.807) is 0 Å². The Balaban J connectivity index is 1.83. The van der Waals surface area contributed by atoms with Gasteiger partial charge in [-0.2, -0.15) is 0 Å². The normalized spacial score (nSPS) is 20.7. The fourth-order valence-corrected chi connectivity index (χ4v) is 3.09. The summed E-state index contributed by atoms with van der Waals surface area (Å²) in [5.74, 6) is 0.0618. The van der Waals surface area contributed by atoms with Crippen molar-refractivity contribution in [2.45, 2.75) is 20.3 Å². The van der Waals surface area contributed by atoms with E-state index in [1.165, 1.54) is 0 Å². The van der Waals surface area contributed by atoms with Crippen LogP contribution in [0.15, 0.2) is 42.5 Å². The van der Waals surface area contributed by atoms with E-state index in [4.69, 9.17) is 5.73 Å². The molecule has 0 radical (unpaired) electrons. The largest absolute Gasteiger partial charge is 0.338 e. The molecule has 1 aromatic heterocycles. The molecule has 0 aliphatic carbocycles. The van der Waals surface area contributed by atoms with Gasteiger partial charge < -0.3 is 10.6 Å². The lowest BCUT2D eigenvalue weighted by molar-refractivity contribution is 0.0775. The molecule has 1 saturated heterocycles. The van der Waals surface area contributed by atoms with Gasteiger partial charge in [0.05, 0.1) is 17.0 Å². The Kier molecular flexibility index (Phi) is 4.18. The first-order valence-electron chi connectivity index (χ1n) is 8.05. The predicted octanol–water partition coefficient (Wildman–Crippen LogP) is 2.87. The van der Waals surface area contributed by atoms with Crippen LogP contribution in [-0.4, -0.2) is 35.4 Å². The Bertz CT molecular complexity index is 714. The predicted molar refractivity (Wildman–Crippen MR) is 92.1 cm³/mol.